The van der Waals surface area contributed by atoms with E-state index < -0.39 is 0 Å². The fourth-order valence-electron chi connectivity index (χ4n) is 2.90. The first kappa shape index (κ1) is 15.4. The summed E-state index contributed by atoms with van der Waals surface area (Å²) < 4.78 is 5.52. The van der Waals surface area contributed by atoms with Crippen molar-refractivity contribution in [2.45, 2.75) is 32.1 Å². The number of halogens is 1. The average Bonchev–Trinajstić information content (AvgIpc) is 3.17. The maximum atomic E-state index is 12.1. The van der Waals surface area contributed by atoms with Gasteiger partial charge in [0.1, 0.15) is 5.75 Å². The number of alkyl halides is 1. The van der Waals surface area contributed by atoms with Crippen LogP contribution in [0, 0.1) is 0 Å². The molecule has 1 N–H and O–H groups in total. The lowest BCUT2D eigenvalue weighted by molar-refractivity contribution is 0.163. The minimum absolute atomic E-state index is 0.228. The molecule has 1 aliphatic rings. The molecule has 1 saturated heterocycles. The Hall–Kier alpha value is -1.49. The zero-order valence-electron chi connectivity index (χ0n) is 12.6. The van der Waals surface area contributed by atoms with Crippen LogP contribution < -0.4 is 4.74 Å². The molecule has 1 amide bonds. The predicted octanol–water partition coefficient (Wildman–Crippen LogP) is 4.48. The second-order valence-corrected chi connectivity index (χ2v) is 6.52. The molecule has 1 fully saturated rings. The average molecular weight is 365 g/mol. The summed E-state index contributed by atoms with van der Waals surface area (Å²) in [5.74, 6) is 0.630. The lowest BCUT2D eigenvalue weighted by Gasteiger charge is -2.14. The molecular formula is C17H21BrN2O2. The van der Waals surface area contributed by atoms with Crippen LogP contribution in [0.4, 0.5) is 4.79 Å². The summed E-state index contributed by atoms with van der Waals surface area (Å²) in [5.41, 5.74) is 2.38. The van der Waals surface area contributed by atoms with Gasteiger partial charge in [0, 0.05) is 35.5 Å². The number of amides is 1. The predicted molar refractivity (Wildman–Crippen MR) is 91.9 cm³/mol. The fourth-order valence-corrected chi connectivity index (χ4v) is 3.30. The van der Waals surface area contributed by atoms with Crippen molar-refractivity contribution in [1.29, 1.82) is 0 Å². The molecule has 3 rings (SSSR count). The highest BCUT2D eigenvalue weighted by Gasteiger charge is 2.20. The molecule has 1 aromatic carbocycles. The summed E-state index contributed by atoms with van der Waals surface area (Å²) in [6.45, 7) is 1.62. The standard InChI is InChI=1S/C17H21BrN2O2/c18-8-2-1-5-13-12-19-16-7-6-14(11-15(13)16)22-17(21)20-9-3-4-10-20/h6-7,11-12,19H,1-5,8-10H2. The Morgan fingerprint density at radius 1 is 1.27 bits per heavy atom. The van der Waals surface area contributed by atoms with Gasteiger partial charge in [-0.3, -0.25) is 0 Å². The molecule has 4 nitrogen and oxygen atoms in total. The third kappa shape index (κ3) is 3.46. The van der Waals surface area contributed by atoms with Crippen LogP contribution in [0.1, 0.15) is 31.2 Å². The van der Waals surface area contributed by atoms with E-state index in [0.717, 1.165) is 61.4 Å². The largest absolute Gasteiger partial charge is 0.415 e. The van der Waals surface area contributed by atoms with Crippen LogP contribution in [-0.2, 0) is 6.42 Å². The second kappa shape index (κ2) is 7.18. The Kier molecular flexibility index (Phi) is 5.03. The number of fused-ring (bicyclic) bond motifs is 1. The van der Waals surface area contributed by atoms with Gasteiger partial charge in [-0.1, -0.05) is 15.9 Å². The van der Waals surface area contributed by atoms with Gasteiger partial charge in [0.2, 0.25) is 0 Å². The first-order valence-electron chi connectivity index (χ1n) is 7.90. The van der Waals surface area contributed by atoms with Crippen molar-refractivity contribution in [3.63, 3.8) is 0 Å². The lowest BCUT2D eigenvalue weighted by Crippen LogP contribution is -2.30. The van der Waals surface area contributed by atoms with Gasteiger partial charge in [0.05, 0.1) is 0 Å². The van der Waals surface area contributed by atoms with Crippen LogP contribution in [0.5, 0.6) is 5.75 Å². The van der Waals surface area contributed by atoms with Gasteiger partial charge in [-0.25, -0.2) is 4.79 Å². The van der Waals surface area contributed by atoms with Crippen molar-refractivity contribution in [1.82, 2.24) is 9.88 Å². The van der Waals surface area contributed by atoms with E-state index in [9.17, 15) is 4.79 Å². The van der Waals surface area contributed by atoms with Crippen molar-refractivity contribution in [3.8, 4) is 5.75 Å². The molecule has 2 aromatic rings. The number of nitrogens with zero attached hydrogens (tertiary/aromatic N) is 1. The van der Waals surface area contributed by atoms with Gasteiger partial charge in [-0.05, 0) is 55.9 Å². The number of aryl methyl sites for hydroxylation is 1. The number of carbonyl (C=O) groups is 1. The zero-order valence-corrected chi connectivity index (χ0v) is 14.2. The van der Waals surface area contributed by atoms with Gasteiger partial charge in [-0.15, -0.1) is 0 Å². The Bertz CT molecular complexity index is 647. The monoisotopic (exact) mass is 364 g/mol. The number of ether oxygens (including phenoxy) is 1. The van der Waals surface area contributed by atoms with Gasteiger partial charge < -0.3 is 14.6 Å². The minimum Gasteiger partial charge on any atom is -0.410 e. The van der Waals surface area contributed by atoms with E-state index in [1.165, 1.54) is 5.56 Å². The number of benzene rings is 1. The summed E-state index contributed by atoms with van der Waals surface area (Å²) >= 11 is 3.46. The number of H-pyrrole nitrogens is 1. The van der Waals surface area contributed by atoms with E-state index >= 15 is 0 Å². The quantitative estimate of drug-likeness (QED) is 0.627. The summed E-state index contributed by atoms with van der Waals surface area (Å²) in [5, 5.41) is 2.19. The fraction of sp³-hybridized carbons (Fsp3) is 0.471. The van der Waals surface area contributed by atoms with Crippen LogP contribution in [-0.4, -0.2) is 34.4 Å². The van der Waals surface area contributed by atoms with Crippen molar-refractivity contribution in [2.24, 2.45) is 0 Å². The zero-order chi connectivity index (χ0) is 15.4. The minimum atomic E-state index is -0.228. The van der Waals surface area contributed by atoms with E-state index in [4.69, 9.17) is 4.74 Å². The Labute approximate surface area is 139 Å². The number of hydrogen-bond donors (Lipinski definition) is 1. The molecule has 0 saturated carbocycles. The topological polar surface area (TPSA) is 45.3 Å². The number of aromatic amines is 1. The first-order valence-corrected chi connectivity index (χ1v) is 9.03. The van der Waals surface area contributed by atoms with Crippen molar-refractivity contribution >= 4 is 32.9 Å². The molecule has 2 heterocycles. The third-order valence-electron chi connectivity index (χ3n) is 4.14. The highest BCUT2D eigenvalue weighted by molar-refractivity contribution is 9.09. The summed E-state index contributed by atoms with van der Waals surface area (Å²) in [6.07, 6.45) is 7.33. The van der Waals surface area contributed by atoms with E-state index in [1.807, 2.05) is 18.2 Å². The Balaban J connectivity index is 1.73. The number of likely N-dealkylation sites (tertiary alicyclic amines) is 1. The number of carbonyl (C=O) groups excluding carboxylic acids is 1. The molecule has 0 aliphatic carbocycles. The maximum Gasteiger partial charge on any atom is 0.415 e. The molecular weight excluding hydrogens is 344 g/mol. The molecule has 1 aromatic heterocycles. The smallest absolute Gasteiger partial charge is 0.410 e. The van der Waals surface area contributed by atoms with Crippen LogP contribution in [0.25, 0.3) is 10.9 Å². The number of unbranched alkanes of at least 4 members (excludes halogenated alkanes) is 1. The van der Waals surface area contributed by atoms with E-state index in [2.05, 4.69) is 27.1 Å². The molecule has 0 atom stereocenters. The highest BCUT2D eigenvalue weighted by Crippen LogP contribution is 2.25. The summed E-state index contributed by atoms with van der Waals surface area (Å²) in [4.78, 5) is 17.1. The van der Waals surface area contributed by atoms with E-state index in [0.29, 0.717) is 5.75 Å². The number of nitrogens with one attached hydrogen (secondary N) is 1. The van der Waals surface area contributed by atoms with Crippen LogP contribution in [0.15, 0.2) is 24.4 Å². The Morgan fingerprint density at radius 3 is 2.86 bits per heavy atom. The van der Waals surface area contributed by atoms with Gasteiger partial charge in [0.15, 0.2) is 0 Å². The number of aromatic nitrogens is 1. The molecule has 0 spiro atoms. The summed E-state index contributed by atoms with van der Waals surface area (Å²) in [7, 11) is 0. The first-order chi connectivity index (χ1) is 10.8. The van der Waals surface area contributed by atoms with Crippen LogP contribution >= 0.6 is 15.9 Å². The SMILES string of the molecule is O=C(Oc1ccc2[nH]cc(CCCCBr)c2c1)N1CCCC1. The van der Waals surface area contributed by atoms with Crippen LogP contribution in [0.3, 0.4) is 0 Å². The molecule has 5 heteroatoms. The second-order valence-electron chi connectivity index (χ2n) is 5.73. The van der Waals surface area contributed by atoms with Crippen molar-refractivity contribution in [3.05, 3.63) is 30.0 Å². The normalized spacial score (nSPS) is 14.7. The van der Waals surface area contributed by atoms with E-state index in [-0.39, 0.29) is 6.09 Å². The van der Waals surface area contributed by atoms with Gasteiger partial charge in [0.25, 0.3) is 0 Å². The molecule has 0 unspecified atom stereocenters. The third-order valence-corrected chi connectivity index (χ3v) is 4.70. The number of hydrogen-bond acceptors (Lipinski definition) is 2. The molecule has 0 radical (unpaired) electrons. The number of rotatable bonds is 5. The maximum absolute atomic E-state index is 12.1. The Morgan fingerprint density at radius 2 is 2.09 bits per heavy atom. The molecule has 1 aliphatic heterocycles. The molecule has 0 bridgehead atoms. The molecule has 22 heavy (non-hydrogen) atoms. The van der Waals surface area contributed by atoms with Crippen LogP contribution in [0.2, 0.25) is 0 Å². The van der Waals surface area contributed by atoms with Crippen molar-refractivity contribution < 1.29 is 9.53 Å². The lowest BCUT2D eigenvalue weighted by atomic mass is 10.1. The summed E-state index contributed by atoms with van der Waals surface area (Å²) in [6, 6.07) is 5.81. The van der Waals surface area contributed by atoms with Crippen molar-refractivity contribution in [2.75, 3.05) is 18.4 Å². The van der Waals surface area contributed by atoms with Gasteiger partial charge >= 0.3 is 6.09 Å². The van der Waals surface area contributed by atoms with Gasteiger partial charge in [-0.2, -0.15) is 0 Å². The highest BCUT2D eigenvalue weighted by atomic mass is 79.9. The molecule has 118 valence electrons. The van der Waals surface area contributed by atoms with E-state index in [1.54, 1.807) is 4.90 Å².